The number of hydrogen-bond acceptors (Lipinski definition) is 6. The van der Waals surface area contributed by atoms with Crippen molar-refractivity contribution in [2.45, 2.75) is 71.6 Å². The SMILES string of the molecule is CC(C)CN(Cc1ccc(CNS(=O)(=O)c2ccc(CN(CCCN3CCOCC3)C(=O)N[C@@H](C)c3cccc4ccccc34)cc2)cc1)CC(C)C. The van der Waals surface area contributed by atoms with Gasteiger partial charge in [0.05, 0.1) is 24.2 Å². The fourth-order valence-corrected chi connectivity index (χ4v) is 8.08. The molecule has 0 radical (unpaired) electrons. The van der Waals surface area contributed by atoms with Crippen molar-refractivity contribution in [1.29, 1.82) is 0 Å². The molecule has 0 spiro atoms. The highest BCUT2D eigenvalue weighted by Gasteiger charge is 2.21. The zero-order chi connectivity index (χ0) is 37.8. The maximum Gasteiger partial charge on any atom is 0.318 e. The smallest absolute Gasteiger partial charge is 0.318 e. The number of carbonyl (C=O) groups is 1. The Balaban J connectivity index is 1.20. The van der Waals surface area contributed by atoms with Crippen LogP contribution in [0.25, 0.3) is 10.8 Å². The van der Waals surface area contributed by atoms with Crippen molar-refractivity contribution in [3.8, 4) is 0 Å². The van der Waals surface area contributed by atoms with E-state index in [-0.39, 0.29) is 23.5 Å². The minimum Gasteiger partial charge on any atom is -0.379 e. The Morgan fingerprint density at radius 1 is 0.774 bits per heavy atom. The number of nitrogens with one attached hydrogen (secondary N) is 2. The van der Waals surface area contributed by atoms with Gasteiger partial charge in [-0.25, -0.2) is 17.9 Å². The summed E-state index contributed by atoms with van der Waals surface area (Å²) in [7, 11) is -3.73. The van der Waals surface area contributed by atoms with Crippen LogP contribution in [0.4, 0.5) is 4.79 Å². The maximum atomic E-state index is 13.8. The highest BCUT2D eigenvalue weighted by Crippen LogP contribution is 2.24. The summed E-state index contributed by atoms with van der Waals surface area (Å²) in [4.78, 5) is 20.7. The van der Waals surface area contributed by atoms with Crippen LogP contribution in [0, 0.1) is 11.8 Å². The van der Waals surface area contributed by atoms with E-state index in [1.54, 1.807) is 24.3 Å². The number of sulfonamides is 1. The van der Waals surface area contributed by atoms with Gasteiger partial charge in [-0.3, -0.25) is 9.80 Å². The second-order valence-corrected chi connectivity index (χ2v) is 17.0. The van der Waals surface area contributed by atoms with Crippen LogP contribution < -0.4 is 10.0 Å². The fourth-order valence-electron chi connectivity index (χ4n) is 7.06. The van der Waals surface area contributed by atoms with Gasteiger partial charge in [0.15, 0.2) is 0 Å². The van der Waals surface area contributed by atoms with Gasteiger partial charge in [-0.2, -0.15) is 0 Å². The molecule has 53 heavy (non-hydrogen) atoms. The van der Waals surface area contributed by atoms with Crippen LogP contribution in [-0.4, -0.2) is 81.6 Å². The lowest BCUT2D eigenvalue weighted by Crippen LogP contribution is -2.43. The van der Waals surface area contributed by atoms with E-state index in [9.17, 15) is 13.2 Å². The summed E-state index contributed by atoms with van der Waals surface area (Å²) in [6.45, 7) is 19.2. The van der Waals surface area contributed by atoms with Crippen LogP contribution >= 0.6 is 0 Å². The van der Waals surface area contributed by atoms with Gasteiger partial charge in [-0.15, -0.1) is 0 Å². The van der Waals surface area contributed by atoms with E-state index in [2.05, 4.69) is 83.9 Å². The molecule has 5 rings (SSSR count). The quantitative estimate of drug-likeness (QED) is 0.110. The summed E-state index contributed by atoms with van der Waals surface area (Å²) in [5.41, 5.74) is 4.06. The molecule has 1 fully saturated rings. The first-order valence-electron chi connectivity index (χ1n) is 19.2. The normalized spacial score (nSPS) is 14.6. The van der Waals surface area contributed by atoms with Gasteiger partial charge in [-0.05, 0) is 70.3 Å². The van der Waals surface area contributed by atoms with Crippen LogP contribution in [0.2, 0.25) is 0 Å². The first-order valence-corrected chi connectivity index (χ1v) is 20.7. The predicted molar refractivity (Wildman–Crippen MR) is 215 cm³/mol. The van der Waals surface area contributed by atoms with Crippen LogP contribution in [0.3, 0.4) is 0 Å². The monoisotopic (exact) mass is 741 g/mol. The number of rotatable bonds is 18. The van der Waals surface area contributed by atoms with Gasteiger partial charge in [0.2, 0.25) is 10.0 Å². The summed E-state index contributed by atoms with van der Waals surface area (Å²) in [6, 6.07) is 29.1. The molecule has 2 N–H and O–H groups in total. The zero-order valence-electron chi connectivity index (χ0n) is 32.3. The molecule has 10 heteroatoms. The highest BCUT2D eigenvalue weighted by atomic mass is 32.2. The van der Waals surface area contributed by atoms with Gasteiger partial charge in [-0.1, -0.05) is 107 Å². The summed E-state index contributed by atoms with van der Waals surface area (Å²) >= 11 is 0. The number of benzene rings is 4. The van der Waals surface area contributed by atoms with E-state index in [0.29, 0.717) is 24.9 Å². The topological polar surface area (TPSA) is 94.2 Å². The Labute approximate surface area is 317 Å². The molecule has 1 atom stereocenters. The molecular formula is C43H59N5O4S. The lowest BCUT2D eigenvalue weighted by atomic mass is 10.00. The van der Waals surface area contributed by atoms with E-state index in [4.69, 9.17) is 4.74 Å². The Hall–Kier alpha value is -3.80. The summed E-state index contributed by atoms with van der Waals surface area (Å²) < 4.78 is 34.9. The highest BCUT2D eigenvalue weighted by molar-refractivity contribution is 7.89. The third-order valence-corrected chi connectivity index (χ3v) is 11.1. The fraction of sp³-hybridized carbons (Fsp3) is 0.465. The van der Waals surface area contributed by atoms with Crippen molar-refractivity contribution in [2.24, 2.45) is 11.8 Å². The van der Waals surface area contributed by atoms with Crippen LogP contribution in [0.5, 0.6) is 0 Å². The molecule has 1 heterocycles. The molecule has 0 aromatic heterocycles. The molecule has 0 saturated carbocycles. The number of carbonyl (C=O) groups excluding carboxylic acids is 1. The molecule has 1 aliphatic heterocycles. The maximum absolute atomic E-state index is 13.8. The molecule has 4 aromatic rings. The minimum atomic E-state index is -3.73. The lowest BCUT2D eigenvalue weighted by Gasteiger charge is -2.29. The molecule has 9 nitrogen and oxygen atoms in total. The first kappa shape index (κ1) is 40.4. The molecule has 4 aromatic carbocycles. The van der Waals surface area contributed by atoms with Crippen molar-refractivity contribution >= 4 is 26.8 Å². The van der Waals surface area contributed by atoms with Gasteiger partial charge in [0.25, 0.3) is 0 Å². The summed E-state index contributed by atoms with van der Waals surface area (Å²) in [5.74, 6) is 1.19. The average Bonchev–Trinajstić information content (AvgIpc) is 3.14. The molecular weight excluding hydrogens is 683 g/mol. The number of fused-ring (bicyclic) bond motifs is 1. The zero-order valence-corrected chi connectivity index (χ0v) is 33.1. The first-order chi connectivity index (χ1) is 25.5. The second-order valence-electron chi connectivity index (χ2n) is 15.2. The Kier molecular flexibility index (Phi) is 14.9. The van der Waals surface area contributed by atoms with Gasteiger partial charge >= 0.3 is 6.03 Å². The minimum absolute atomic E-state index is 0.149. The third-order valence-electron chi connectivity index (χ3n) is 9.67. The van der Waals surface area contributed by atoms with Crippen molar-refractivity contribution in [2.75, 3.05) is 52.5 Å². The van der Waals surface area contributed by atoms with E-state index in [1.807, 2.05) is 42.2 Å². The number of nitrogens with zero attached hydrogens (tertiary/aromatic N) is 3. The molecule has 0 unspecified atom stereocenters. The van der Waals surface area contributed by atoms with Crippen molar-refractivity contribution in [1.82, 2.24) is 24.7 Å². The number of hydrogen-bond donors (Lipinski definition) is 2. The second kappa shape index (κ2) is 19.5. The number of ether oxygens (including phenoxy) is 1. The average molecular weight is 742 g/mol. The van der Waals surface area contributed by atoms with Crippen molar-refractivity contribution in [3.63, 3.8) is 0 Å². The van der Waals surface area contributed by atoms with Crippen LogP contribution in [0.15, 0.2) is 95.9 Å². The van der Waals surface area contributed by atoms with E-state index >= 15 is 0 Å². The Bertz CT molecular complexity index is 1830. The molecule has 0 bridgehead atoms. The van der Waals surface area contributed by atoms with Crippen molar-refractivity contribution < 1.29 is 17.9 Å². The van der Waals surface area contributed by atoms with E-state index < -0.39 is 10.0 Å². The van der Waals surface area contributed by atoms with E-state index in [1.165, 1.54) is 5.56 Å². The predicted octanol–water partition coefficient (Wildman–Crippen LogP) is 7.43. The summed E-state index contributed by atoms with van der Waals surface area (Å²) in [5, 5.41) is 5.49. The lowest BCUT2D eigenvalue weighted by molar-refractivity contribution is 0.0364. The molecule has 0 aliphatic carbocycles. The Morgan fingerprint density at radius 2 is 1.38 bits per heavy atom. The Morgan fingerprint density at radius 3 is 2.06 bits per heavy atom. The van der Waals surface area contributed by atoms with Crippen LogP contribution in [0.1, 0.15) is 69.3 Å². The third kappa shape index (κ3) is 12.4. The molecule has 1 saturated heterocycles. The largest absolute Gasteiger partial charge is 0.379 e. The van der Waals surface area contributed by atoms with Crippen LogP contribution in [-0.2, 0) is 34.4 Å². The number of urea groups is 1. The molecule has 2 amide bonds. The van der Waals surface area contributed by atoms with Gasteiger partial charge in [0.1, 0.15) is 0 Å². The van der Waals surface area contributed by atoms with Gasteiger partial charge in [0, 0.05) is 58.9 Å². The molecule has 286 valence electrons. The number of morpholine rings is 1. The summed E-state index contributed by atoms with van der Waals surface area (Å²) in [6.07, 6.45) is 0.821. The number of amides is 2. The van der Waals surface area contributed by atoms with E-state index in [0.717, 1.165) is 86.4 Å². The standard InChI is InChI=1S/C43H59N5O4S/c1-33(2)29-47(30-34(3)4)31-37-16-14-36(15-17-37)28-44-53(50,51)40-20-18-38(19-21-40)32-48(23-9-22-46-24-26-52-27-25-46)43(49)45-35(5)41-13-8-11-39-10-6-7-12-42(39)41/h6-8,10-21,33-35,44H,9,22-32H2,1-5H3,(H,45,49)/t35-/m0/s1. The van der Waals surface area contributed by atoms with Crippen molar-refractivity contribution in [3.05, 3.63) is 113 Å². The van der Waals surface area contributed by atoms with Gasteiger partial charge < -0.3 is 15.0 Å². The molecule has 1 aliphatic rings.